The van der Waals surface area contributed by atoms with Crippen LogP contribution in [0.5, 0.6) is 0 Å². The maximum atomic E-state index is 11.9. The Morgan fingerprint density at radius 3 is 2.13 bits per heavy atom. The number of alkyl halides is 1. The zero-order valence-electron chi connectivity index (χ0n) is 9.07. The van der Waals surface area contributed by atoms with Crippen LogP contribution in [0.25, 0.3) is 0 Å². The molecule has 0 radical (unpaired) electrons. The van der Waals surface area contributed by atoms with Crippen molar-refractivity contribution in [3.05, 3.63) is 24.3 Å². The molecule has 0 spiro atoms. The molecule has 0 aromatic heterocycles. The van der Waals surface area contributed by atoms with Crippen LogP contribution in [0.4, 0.5) is 0 Å². The van der Waals surface area contributed by atoms with E-state index in [-0.39, 0.29) is 3.92 Å². The number of allylic oxidation sites excluding steroid dienone is 3. The largest absolute Gasteiger partial charge is 0.228 e. The minimum Gasteiger partial charge on any atom is -0.228 e. The number of primary sulfonamides is 1. The van der Waals surface area contributed by atoms with Crippen LogP contribution in [0.15, 0.2) is 24.3 Å². The van der Waals surface area contributed by atoms with Crippen LogP contribution in [0.2, 0.25) is 0 Å². The molecule has 0 bridgehead atoms. The zero-order chi connectivity index (χ0) is 11.9. The summed E-state index contributed by atoms with van der Waals surface area (Å²) < 4.78 is 22.5. The third-order valence-electron chi connectivity index (χ3n) is 2.79. The molecule has 0 heterocycles. The Morgan fingerprint density at radius 1 is 1.33 bits per heavy atom. The third-order valence-corrected chi connectivity index (χ3v) is 6.55. The highest BCUT2D eigenvalue weighted by Gasteiger charge is 2.53. The van der Waals surface area contributed by atoms with E-state index in [4.69, 9.17) is 5.14 Å². The quantitative estimate of drug-likeness (QED) is 0.586. The molecule has 0 aliphatic heterocycles. The lowest BCUT2D eigenvalue weighted by molar-refractivity contribution is 0.320. The van der Waals surface area contributed by atoms with Crippen LogP contribution in [-0.4, -0.2) is 17.1 Å². The van der Waals surface area contributed by atoms with Crippen molar-refractivity contribution in [2.24, 2.45) is 10.6 Å². The minimum absolute atomic E-state index is 0.143. The molecule has 0 aromatic carbocycles. The fourth-order valence-corrected chi connectivity index (χ4v) is 5.90. The van der Waals surface area contributed by atoms with Crippen molar-refractivity contribution in [2.75, 3.05) is 0 Å². The second-order valence-electron chi connectivity index (χ2n) is 4.73. The van der Waals surface area contributed by atoms with Gasteiger partial charge in [-0.25, -0.2) is 13.6 Å². The molecular formula is C10H16INO2S. The zero-order valence-corrected chi connectivity index (χ0v) is 12.0. The van der Waals surface area contributed by atoms with Crippen molar-refractivity contribution in [2.45, 2.75) is 29.4 Å². The van der Waals surface area contributed by atoms with Gasteiger partial charge in [0.2, 0.25) is 10.0 Å². The molecule has 0 fully saturated rings. The average molecular weight is 341 g/mol. The topological polar surface area (TPSA) is 60.2 Å². The van der Waals surface area contributed by atoms with Gasteiger partial charge >= 0.3 is 0 Å². The van der Waals surface area contributed by atoms with Crippen LogP contribution in [-0.2, 0) is 10.0 Å². The molecule has 2 unspecified atom stereocenters. The van der Waals surface area contributed by atoms with Crippen molar-refractivity contribution in [3.63, 3.8) is 0 Å². The average Bonchev–Trinajstić information content (AvgIpc) is 2.00. The van der Waals surface area contributed by atoms with Crippen molar-refractivity contribution in [3.8, 4) is 0 Å². The van der Waals surface area contributed by atoms with Gasteiger partial charge in [0.1, 0.15) is 4.75 Å². The van der Waals surface area contributed by atoms with Gasteiger partial charge in [0, 0.05) is 0 Å². The summed E-state index contributed by atoms with van der Waals surface area (Å²) in [4.78, 5) is 0. The van der Waals surface area contributed by atoms with Gasteiger partial charge < -0.3 is 0 Å². The summed E-state index contributed by atoms with van der Waals surface area (Å²) in [6.07, 6.45) is 7.19. The number of halogens is 1. The van der Waals surface area contributed by atoms with Gasteiger partial charge in [0.25, 0.3) is 0 Å². The predicted molar refractivity (Wildman–Crippen MR) is 71.4 cm³/mol. The molecule has 2 atom stereocenters. The third kappa shape index (κ3) is 2.01. The maximum Gasteiger partial charge on any atom is 0.220 e. The molecule has 1 aliphatic rings. The Labute approximate surface area is 105 Å². The molecule has 3 nitrogen and oxygen atoms in total. The summed E-state index contributed by atoms with van der Waals surface area (Å²) in [7, 11) is -3.64. The van der Waals surface area contributed by atoms with Gasteiger partial charge in [-0.05, 0) is 5.41 Å². The smallest absolute Gasteiger partial charge is 0.220 e. The lowest BCUT2D eigenvalue weighted by Gasteiger charge is -2.44. The van der Waals surface area contributed by atoms with Crippen molar-refractivity contribution < 1.29 is 8.42 Å². The molecule has 0 saturated heterocycles. The Balaban J connectivity index is 3.46. The SMILES string of the molecule is CC(C)(C)C1(S(N)(=O)=O)C=CC=CC1I. The first kappa shape index (κ1) is 13.2. The highest BCUT2D eigenvalue weighted by Crippen LogP contribution is 2.45. The monoisotopic (exact) mass is 341 g/mol. The Bertz CT molecular complexity index is 406. The highest BCUT2D eigenvalue weighted by molar-refractivity contribution is 14.1. The molecule has 5 heteroatoms. The standard InChI is InChI=1S/C10H16INO2S/c1-9(2,3)10(15(12,13)14)7-5-4-6-8(10)11/h4-8H,1-3H3,(H2,12,13,14). The normalized spacial score (nSPS) is 31.9. The first-order valence-electron chi connectivity index (χ1n) is 4.65. The van der Waals surface area contributed by atoms with E-state index in [0.29, 0.717) is 0 Å². The molecule has 15 heavy (non-hydrogen) atoms. The van der Waals surface area contributed by atoms with Gasteiger partial charge in [0.05, 0.1) is 3.92 Å². The van der Waals surface area contributed by atoms with Crippen molar-refractivity contribution in [1.29, 1.82) is 0 Å². The number of rotatable bonds is 1. The summed E-state index contributed by atoms with van der Waals surface area (Å²) in [5.74, 6) is 0. The van der Waals surface area contributed by atoms with E-state index in [1.165, 1.54) is 0 Å². The van der Waals surface area contributed by atoms with Crippen LogP contribution < -0.4 is 5.14 Å². The van der Waals surface area contributed by atoms with Crippen molar-refractivity contribution >= 4 is 32.6 Å². The molecule has 86 valence electrons. The number of hydrogen-bond acceptors (Lipinski definition) is 2. The summed E-state index contributed by atoms with van der Waals surface area (Å²) in [5, 5.41) is 5.40. The van der Waals surface area contributed by atoms with E-state index in [9.17, 15) is 8.42 Å². The van der Waals surface area contributed by atoms with Gasteiger partial charge in [-0.3, -0.25) is 0 Å². The summed E-state index contributed by atoms with van der Waals surface area (Å²) in [6, 6.07) is 0. The van der Waals surface area contributed by atoms with E-state index < -0.39 is 20.2 Å². The van der Waals surface area contributed by atoms with Crippen LogP contribution in [0.1, 0.15) is 20.8 Å². The van der Waals surface area contributed by atoms with Gasteiger partial charge in [-0.1, -0.05) is 67.7 Å². The predicted octanol–water partition coefficient (Wildman–Crippen LogP) is 1.99. The Hall–Kier alpha value is 0.120. The maximum absolute atomic E-state index is 11.9. The van der Waals surface area contributed by atoms with Crippen LogP contribution >= 0.6 is 22.6 Å². The molecule has 0 aromatic rings. The minimum atomic E-state index is -3.64. The highest BCUT2D eigenvalue weighted by atomic mass is 127. The lowest BCUT2D eigenvalue weighted by atomic mass is 9.76. The summed E-state index contributed by atoms with van der Waals surface area (Å²) in [5.41, 5.74) is -0.437. The molecule has 0 amide bonds. The summed E-state index contributed by atoms with van der Waals surface area (Å²) >= 11 is 2.12. The second-order valence-corrected chi connectivity index (χ2v) is 7.84. The first-order chi connectivity index (χ1) is 6.63. The lowest BCUT2D eigenvalue weighted by Crippen LogP contribution is -2.57. The van der Waals surface area contributed by atoms with E-state index in [1.807, 2.05) is 32.9 Å². The van der Waals surface area contributed by atoms with Crippen LogP contribution in [0.3, 0.4) is 0 Å². The molecule has 1 rings (SSSR count). The van der Waals surface area contributed by atoms with Crippen LogP contribution in [0, 0.1) is 5.41 Å². The Kier molecular flexibility index (Phi) is 3.39. The molecular weight excluding hydrogens is 325 g/mol. The number of sulfonamides is 1. The van der Waals surface area contributed by atoms with E-state index in [0.717, 1.165) is 0 Å². The van der Waals surface area contributed by atoms with Gasteiger partial charge in [-0.2, -0.15) is 0 Å². The van der Waals surface area contributed by atoms with Gasteiger partial charge in [-0.15, -0.1) is 0 Å². The molecule has 0 saturated carbocycles. The molecule has 2 N–H and O–H groups in total. The fraction of sp³-hybridized carbons (Fsp3) is 0.600. The summed E-state index contributed by atoms with van der Waals surface area (Å²) in [6.45, 7) is 5.69. The van der Waals surface area contributed by atoms with E-state index in [1.54, 1.807) is 12.2 Å². The second kappa shape index (κ2) is 3.85. The number of hydrogen-bond donors (Lipinski definition) is 1. The Morgan fingerprint density at radius 2 is 1.87 bits per heavy atom. The first-order valence-corrected chi connectivity index (χ1v) is 7.44. The number of nitrogens with two attached hydrogens (primary N) is 1. The van der Waals surface area contributed by atoms with E-state index in [2.05, 4.69) is 22.6 Å². The van der Waals surface area contributed by atoms with Gasteiger partial charge in [0.15, 0.2) is 0 Å². The fourth-order valence-electron chi connectivity index (χ4n) is 1.94. The van der Waals surface area contributed by atoms with Crippen molar-refractivity contribution in [1.82, 2.24) is 0 Å². The molecule has 1 aliphatic carbocycles. The van der Waals surface area contributed by atoms with E-state index >= 15 is 0 Å².